The number of ether oxygens (including phenoxy) is 1. The van der Waals surface area contributed by atoms with Gasteiger partial charge < -0.3 is 9.64 Å². The van der Waals surface area contributed by atoms with E-state index in [-0.39, 0.29) is 6.61 Å². The molecule has 114 valence electrons. The fraction of sp³-hybridized carbons (Fsp3) is 0.667. The smallest absolute Gasteiger partial charge is 0.333 e. The minimum Gasteiger partial charge on any atom is -0.460 e. The molecule has 0 saturated carbocycles. The summed E-state index contributed by atoms with van der Waals surface area (Å²) in [5.41, 5.74) is -1.07. The highest BCUT2D eigenvalue weighted by atomic mass is 16.5. The minimum absolute atomic E-state index is 0.00498. The molecule has 0 aromatic rings. The lowest BCUT2D eigenvalue weighted by Crippen LogP contribution is -2.60. The summed E-state index contributed by atoms with van der Waals surface area (Å²) in [5, 5.41) is 0. The van der Waals surface area contributed by atoms with Gasteiger partial charge in [-0.25, -0.2) is 4.79 Å². The van der Waals surface area contributed by atoms with Crippen molar-refractivity contribution >= 4 is 17.7 Å². The van der Waals surface area contributed by atoms with E-state index in [1.807, 2.05) is 20.8 Å². The number of ketones is 1. The number of hydrogen-bond donors (Lipinski definition) is 0. The van der Waals surface area contributed by atoms with Crippen LogP contribution in [0.1, 0.15) is 48.5 Å². The van der Waals surface area contributed by atoms with Crippen LogP contribution in [0.5, 0.6) is 0 Å². The Labute approximate surface area is 121 Å². The summed E-state index contributed by atoms with van der Waals surface area (Å²) in [6.45, 7) is 15.3. The molecule has 0 fully saturated rings. The van der Waals surface area contributed by atoms with E-state index < -0.39 is 28.7 Å². The van der Waals surface area contributed by atoms with Crippen molar-refractivity contribution in [3.8, 4) is 0 Å². The zero-order chi connectivity index (χ0) is 16.3. The third-order valence-corrected chi connectivity index (χ3v) is 2.69. The fourth-order valence-corrected chi connectivity index (χ4v) is 2.07. The van der Waals surface area contributed by atoms with Crippen molar-refractivity contribution in [2.24, 2.45) is 0 Å². The van der Waals surface area contributed by atoms with Crippen LogP contribution in [0.4, 0.5) is 0 Å². The van der Waals surface area contributed by atoms with Crippen LogP contribution in [0, 0.1) is 0 Å². The highest BCUT2D eigenvalue weighted by Crippen LogP contribution is 2.26. The first-order valence-corrected chi connectivity index (χ1v) is 6.48. The van der Waals surface area contributed by atoms with E-state index in [9.17, 15) is 14.4 Å². The van der Waals surface area contributed by atoms with Crippen LogP contribution >= 0.6 is 0 Å². The van der Waals surface area contributed by atoms with Gasteiger partial charge in [-0.3, -0.25) is 9.59 Å². The molecule has 0 atom stereocenters. The Bertz CT molecular complexity index is 430. The number of hydrogen-bond acceptors (Lipinski definition) is 4. The largest absolute Gasteiger partial charge is 0.460 e. The lowest BCUT2D eigenvalue weighted by molar-refractivity contribution is -0.158. The molecule has 1 amide bonds. The zero-order valence-electron chi connectivity index (χ0n) is 13.5. The second kappa shape index (κ2) is 6.20. The fourth-order valence-electron chi connectivity index (χ4n) is 2.07. The van der Waals surface area contributed by atoms with Gasteiger partial charge in [0.25, 0.3) is 5.91 Å². The van der Waals surface area contributed by atoms with Crippen LogP contribution in [-0.4, -0.2) is 40.2 Å². The number of nitrogens with zero attached hydrogens (tertiary/aromatic N) is 1. The highest BCUT2D eigenvalue weighted by Gasteiger charge is 2.41. The molecule has 20 heavy (non-hydrogen) atoms. The molecule has 0 heterocycles. The van der Waals surface area contributed by atoms with E-state index in [1.165, 1.54) is 11.8 Å². The maximum atomic E-state index is 12.1. The van der Waals surface area contributed by atoms with Crippen LogP contribution < -0.4 is 0 Å². The van der Waals surface area contributed by atoms with E-state index in [1.54, 1.807) is 20.8 Å². The third kappa shape index (κ3) is 4.79. The SMILES string of the molecule is C=C(C)C(=O)OCC(C)(C)N(C(=O)C(C)=O)C(C)(C)C. The van der Waals surface area contributed by atoms with Gasteiger partial charge in [-0.2, -0.15) is 0 Å². The van der Waals surface area contributed by atoms with E-state index in [2.05, 4.69) is 6.58 Å². The summed E-state index contributed by atoms with van der Waals surface area (Å²) in [5.74, 6) is -1.64. The minimum atomic E-state index is -0.799. The molecular weight excluding hydrogens is 258 g/mol. The Balaban J connectivity index is 5.25. The van der Waals surface area contributed by atoms with Crippen molar-refractivity contribution in [1.29, 1.82) is 0 Å². The molecule has 0 aromatic carbocycles. The van der Waals surface area contributed by atoms with Crippen molar-refractivity contribution in [2.75, 3.05) is 6.61 Å². The summed E-state index contributed by atoms with van der Waals surface area (Å²) in [4.78, 5) is 36.5. The van der Waals surface area contributed by atoms with Crippen molar-refractivity contribution in [3.05, 3.63) is 12.2 Å². The van der Waals surface area contributed by atoms with Gasteiger partial charge in [-0.1, -0.05) is 6.58 Å². The van der Waals surface area contributed by atoms with E-state index >= 15 is 0 Å². The highest BCUT2D eigenvalue weighted by molar-refractivity contribution is 6.35. The Morgan fingerprint density at radius 2 is 1.50 bits per heavy atom. The Morgan fingerprint density at radius 1 is 1.05 bits per heavy atom. The Kier molecular flexibility index (Phi) is 5.69. The second-order valence-corrected chi connectivity index (χ2v) is 6.54. The average molecular weight is 283 g/mol. The average Bonchev–Trinajstić information content (AvgIpc) is 2.23. The van der Waals surface area contributed by atoms with Crippen LogP contribution in [-0.2, 0) is 19.1 Å². The summed E-state index contributed by atoms with van der Waals surface area (Å²) in [6.07, 6.45) is 0. The molecule has 0 aliphatic rings. The zero-order valence-corrected chi connectivity index (χ0v) is 13.5. The molecule has 0 rings (SSSR count). The number of carbonyl (C=O) groups is 3. The lowest BCUT2D eigenvalue weighted by atomic mass is 9.94. The molecule has 0 spiro atoms. The molecule has 0 aliphatic carbocycles. The topological polar surface area (TPSA) is 63.7 Å². The summed E-state index contributed by atoms with van der Waals surface area (Å²) in [6, 6.07) is 0. The summed E-state index contributed by atoms with van der Waals surface area (Å²) in [7, 11) is 0. The van der Waals surface area contributed by atoms with Gasteiger partial charge in [-0.15, -0.1) is 0 Å². The molecule has 0 aliphatic heterocycles. The number of esters is 1. The molecule has 5 heteroatoms. The van der Waals surface area contributed by atoms with Crippen molar-refractivity contribution in [2.45, 2.75) is 59.5 Å². The maximum absolute atomic E-state index is 12.1. The molecule has 0 N–H and O–H groups in total. The van der Waals surface area contributed by atoms with Gasteiger partial charge >= 0.3 is 5.97 Å². The summed E-state index contributed by atoms with van der Waals surface area (Å²) >= 11 is 0. The standard InChI is InChI=1S/C15H25NO4/c1-10(2)13(19)20-9-15(7,8)16(14(4,5)6)12(18)11(3)17/h1,9H2,2-8H3. The Hall–Kier alpha value is -1.65. The first-order valence-electron chi connectivity index (χ1n) is 6.48. The van der Waals surface area contributed by atoms with Gasteiger partial charge in [0.1, 0.15) is 6.61 Å². The lowest BCUT2D eigenvalue weighted by Gasteiger charge is -2.46. The summed E-state index contributed by atoms with van der Waals surface area (Å²) < 4.78 is 5.13. The number of carbonyl (C=O) groups excluding carboxylic acids is 3. The van der Waals surface area contributed by atoms with Crippen LogP contribution in [0.15, 0.2) is 12.2 Å². The number of amides is 1. The first kappa shape index (κ1) is 18.4. The number of rotatable bonds is 5. The second-order valence-electron chi connectivity index (χ2n) is 6.54. The van der Waals surface area contributed by atoms with E-state index in [0.29, 0.717) is 5.57 Å². The van der Waals surface area contributed by atoms with E-state index in [0.717, 1.165) is 0 Å². The van der Waals surface area contributed by atoms with Crippen molar-refractivity contribution in [3.63, 3.8) is 0 Å². The van der Waals surface area contributed by atoms with Gasteiger partial charge in [-0.05, 0) is 41.5 Å². The molecule has 0 bridgehead atoms. The van der Waals surface area contributed by atoms with Gasteiger partial charge in [0.2, 0.25) is 5.78 Å². The quantitative estimate of drug-likeness (QED) is 0.440. The van der Waals surface area contributed by atoms with Gasteiger partial charge in [0.05, 0.1) is 5.54 Å². The first-order chi connectivity index (χ1) is 8.80. The molecule has 5 nitrogen and oxygen atoms in total. The molecule has 0 saturated heterocycles. The van der Waals surface area contributed by atoms with Crippen molar-refractivity contribution in [1.82, 2.24) is 4.90 Å². The normalized spacial score (nSPS) is 11.8. The van der Waals surface area contributed by atoms with Gasteiger partial charge in [0.15, 0.2) is 0 Å². The Morgan fingerprint density at radius 3 is 1.80 bits per heavy atom. The maximum Gasteiger partial charge on any atom is 0.333 e. The van der Waals surface area contributed by atoms with E-state index in [4.69, 9.17) is 4.74 Å². The molecule has 0 radical (unpaired) electrons. The molecule has 0 aromatic heterocycles. The predicted octanol–water partition coefficient (Wildman–Crippen LogP) is 2.10. The van der Waals surface area contributed by atoms with Crippen LogP contribution in [0.25, 0.3) is 0 Å². The predicted molar refractivity (Wildman–Crippen MR) is 77.1 cm³/mol. The molecule has 0 unspecified atom stereocenters. The van der Waals surface area contributed by atoms with Crippen molar-refractivity contribution < 1.29 is 19.1 Å². The monoisotopic (exact) mass is 283 g/mol. The van der Waals surface area contributed by atoms with Crippen LogP contribution in [0.2, 0.25) is 0 Å². The third-order valence-electron chi connectivity index (χ3n) is 2.69. The number of Topliss-reactive ketones (excluding diaryl/α,β-unsaturated/α-hetero) is 1. The molecular formula is C15H25NO4. The van der Waals surface area contributed by atoms with Gasteiger partial charge in [0, 0.05) is 18.0 Å². The van der Waals surface area contributed by atoms with Crippen LogP contribution in [0.3, 0.4) is 0 Å².